The predicted molar refractivity (Wildman–Crippen MR) is 111 cm³/mol. The Kier molecular flexibility index (Phi) is 4.58. The molecule has 0 saturated carbocycles. The molecule has 0 radical (unpaired) electrons. The highest BCUT2D eigenvalue weighted by atomic mass is 16.5. The van der Waals surface area contributed by atoms with Crippen LogP contribution in [0, 0.1) is 11.3 Å². The van der Waals surface area contributed by atoms with Crippen molar-refractivity contribution in [1.29, 1.82) is 0 Å². The molecule has 0 aromatic heterocycles. The number of phenols is 1. The first kappa shape index (κ1) is 20.3. The number of hydrogen-bond donors (Lipinski definition) is 2. The number of ether oxygens (including phenoxy) is 1. The molecule has 2 aromatic rings. The van der Waals surface area contributed by atoms with Gasteiger partial charge in [0, 0.05) is 29.7 Å². The minimum atomic E-state index is -1.85. The van der Waals surface area contributed by atoms with Gasteiger partial charge in [-0.3, -0.25) is 14.4 Å². The summed E-state index contributed by atoms with van der Waals surface area (Å²) in [5, 5.41) is 22.8. The number of carbonyl (C=O) groups excluding carboxylic acids is 3. The van der Waals surface area contributed by atoms with Gasteiger partial charge in [0.2, 0.25) is 5.78 Å². The second-order valence-corrected chi connectivity index (χ2v) is 8.40. The van der Waals surface area contributed by atoms with Crippen molar-refractivity contribution >= 4 is 33.9 Å². The van der Waals surface area contributed by atoms with Gasteiger partial charge in [-0.05, 0) is 40.1 Å². The average Bonchev–Trinajstić information content (AvgIpc) is 2.92. The van der Waals surface area contributed by atoms with Crippen molar-refractivity contribution in [3.05, 3.63) is 47.5 Å². The maximum atomic E-state index is 13.3. The summed E-state index contributed by atoms with van der Waals surface area (Å²) in [4.78, 5) is 37.8. The summed E-state index contributed by atoms with van der Waals surface area (Å²) in [6.45, 7) is 4.56. The number of hydrogen-bond acceptors (Lipinski definition) is 6. The number of benzene rings is 2. The zero-order valence-corrected chi connectivity index (χ0v) is 17.2. The van der Waals surface area contributed by atoms with E-state index in [1.165, 1.54) is 6.07 Å². The fourth-order valence-corrected chi connectivity index (χ4v) is 5.05. The Labute approximate surface area is 174 Å². The lowest BCUT2D eigenvalue weighted by atomic mass is 9.60. The second kappa shape index (κ2) is 6.77. The van der Waals surface area contributed by atoms with Crippen LogP contribution >= 0.6 is 0 Å². The minimum Gasteiger partial charge on any atom is -0.508 e. The van der Waals surface area contributed by atoms with Crippen LogP contribution in [0.5, 0.6) is 5.75 Å². The molecular weight excluding hydrogens is 384 g/mol. The molecule has 2 aliphatic carbocycles. The zero-order chi connectivity index (χ0) is 21.8. The molecule has 0 saturated heterocycles. The van der Waals surface area contributed by atoms with Gasteiger partial charge in [-0.1, -0.05) is 39.0 Å². The molecule has 4 rings (SSSR count). The summed E-state index contributed by atoms with van der Waals surface area (Å²) < 4.78 is 4.99. The molecule has 156 valence electrons. The lowest BCUT2D eigenvalue weighted by Gasteiger charge is -2.45. The normalized spacial score (nSPS) is 27.4. The monoisotopic (exact) mass is 408 g/mol. The fraction of sp³-hybridized carbons (Fsp3) is 0.375. The van der Waals surface area contributed by atoms with Gasteiger partial charge in [-0.15, -0.1) is 0 Å². The first-order valence-electron chi connectivity index (χ1n) is 10.1. The summed E-state index contributed by atoms with van der Waals surface area (Å²) in [5.41, 5.74) is -1.01. The molecule has 0 bridgehead atoms. The molecule has 0 aliphatic heterocycles. The van der Waals surface area contributed by atoms with Crippen molar-refractivity contribution in [3.8, 4) is 5.75 Å². The quantitative estimate of drug-likeness (QED) is 0.752. The number of esters is 1. The van der Waals surface area contributed by atoms with E-state index >= 15 is 0 Å². The molecule has 0 spiro atoms. The zero-order valence-electron chi connectivity index (χ0n) is 17.2. The topological polar surface area (TPSA) is 101 Å². The summed E-state index contributed by atoms with van der Waals surface area (Å²) in [6, 6.07) is 8.48. The molecule has 6 nitrogen and oxygen atoms in total. The van der Waals surface area contributed by atoms with Crippen molar-refractivity contribution in [2.24, 2.45) is 11.3 Å². The van der Waals surface area contributed by atoms with Crippen molar-refractivity contribution in [2.75, 3.05) is 6.61 Å². The van der Waals surface area contributed by atoms with Crippen LogP contribution in [0.1, 0.15) is 49.5 Å². The third-order valence-electron chi connectivity index (χ3n) is 6.68. The van der Waals surface area contributed by atoms with Crippen LogP contribution in [-0.4, -0.2) is 40.0 Å². The second-order valence-electron chi connectivity index (χ2n) is 8.40. The molecule has 3 atom stereocenters. The number of ketones is 2. The Morgan fingerprint density at radius 1 is 1.23 bits per heavy atom. The Morgan fingerprint density at radius 2 is 1.97 bits per heavy atom. The van der Waals surface area contributed by atoms with Crippen LogP contribution < -0.4 is 0 Å². The standard InChI is InChI=1S/C24H24O6/c1-4-21(28)30-12-20(27)24(29)13(2)9-18-17-7-5-14-10-15(25)6-8-16(14)22(17)19(26)11-23(18,24)3/h5-10,13,25,29H,4,11-12H2,1-3H3/t13-,23+,24+/m1/s1. The van der Waals surface area contributed by atoms with Gasteiger partial charge >= 0.3 is 5.97 Å². The number of carbonyl (C=O) groups is 3. The summed E-state index contributed by atoms with van der Waals surface area (Å²) in [7, 11) is 0. The van der Waals surface area contributed by atoms with E-state index in [-0.39, 0.29) is 24.4 Å². The van der Waals surface area contributed by atoms with E-state index in [2.05, 4.69) is 0 Å². The maximum absolute atomic E-state index is 13.3. The Morgan fingerprint density at radius 3 is 2.67 bits per heavy atom. The van der Waals surface area contributed by atoms with Crippen molar-refractivity contribution in [1.82, 2.24) is 0 Å². The van der Waals surface area contributed by atoms with E-state index in [9.17, 15) is 24.6 Å². The first-order valence-corrected chi connectivity index (χ1v) is 10.1. The fourth-order valence-electron chi connectivity index (χ4n) is 5.05. The number of fused-ring (bicyclic) bond motifs is 5. The van der Waals surface area contributed by atoms with Gasteiger partial charge in [-0.2, -0.15) is 0 Å². The summed E-state index contributed by atoms with van der Waals surface area (Å²) in [6.07, 6.45) is 1.94. The molecule has 6 heteroatoms. The SMILES string of the molecule is CCC(=O)OCC(=O)[C@@]1(O)[C@H](C)C=C2c3ccc4cc(O)ccc4c3C(=O)C[C@@]21C. The lowest BCUT2D eigenvalue weighted by molar-refractivity contribution is -0.162. The summed E-state index contributed by atoms with van der Waals surface area (Å²) >= 11 is 0. The molecule has 2 aliphatic rings. The van der Waals surface area contributed by atoms with Crippen LogP contribution in [0.4, 0.5) is 0 Å². The van der Waals surface area contributed by atoms with E-state index in [0.29, 0.717) is 11.1 Å². The van der Waals surface area contributed by atoms with Crippen molar-refractivity contribution in [3.63, 3.8) is 0 Å². The van der Waals surface area contributed by atoms with Gasteiger partial charge in [-0.25, -0.2) is 0 Å². The third kappa shape index (κ3) is 2.63. The molecule has 0 unspecified atom stereocenters. The smallest absolute Gasteiger partial charge is 0.305 e. The Balaban J connectivity index is 1.82. The molecule has 2 aromatic carbocycles. The van der Waals surface area contributed by atoms with Crippen LogP contribution in [-0.2, 0) is 14.3 Å². The molecule has 2 N–H and O–H groups in total. The van der Waals surface area contributed by atoms with Gasteiger partial charge in [0.05, 0.1) is 0 Å². The predicted octanol–water partition coefficient (Wildman–Crippen LogP) is 3.42. The highest BCUT2D eigenvalue weighted by Gasteiger charge is 2.63. The van der Waals surface area contributed by atoms with Crippen LogP contribution in [0.3, 0.4) is 0 Å². The van der Waals surface area contributed by atoms with Gasteiger partial charge < -0.3 is 14.9 Å². The number of phenolic OH excluding ortho intramolecular Hbond substituents is 1. The largest absolute Gasteiger partial charge is 0.508 e. The van der Waals surface area contributed by atoms with Crippen molar-refractivity contribution in [2.45, 2.75) is 39.2 Å². The van der Waals surface area contributed by atoms with Gasteiger partial charge in [0.15, 0.2) is 12.4 Å². The van der Waals surface area contributed by atoms with Gasteiger partial charge in [0.1, 0.15) is 11.4 Å². The molecular formula is C24H24O6. The molecule has 30 heavy (non-hydrogen) atoms. The highest BCUT2D eigenvalue weighted by Crippen LogP contribution is 2.59. The molecule has 0 heterocycles. The van der Waals surface area contributed by atoms with E-state index in [1.54, 1.807) is 39.0 Å². The van der Waals surface area contributed by atoms with E-state index < -0.39 is 35.3 Å². The van der Waals surface area contributed by atoms with E-state index in [0.717, 1.165) is 16.3 Å². The number of rotatable bonds is 4. The molecule has 0 fully saturated rings. The number of aliphatic hydroxyl groups is 1. The third-order valence-corrected chi connectivity index (χ3v) is 6.68. The van der Waals surface area contributed by atoms with Crippen LogP contribution in [0.2, 0.25) is 0 Å². The lowest BCUT2D eigenvalue weighted by Crippen LogP contribution is -2.57. The van der Waals surface area contributed by atoms with Gasteiger partial charge in [0.25, 0.3) is 0 Å². The summed E-state index contributed by atoms with van der Waals surface area (Å²) in [5.74, 6) is -1.74. The highest BCUT2D eigenvalue weighted by molar-refractivity contribution is 6.16. The van der Waals surface area contributed by atoms with E-state index in [4.69, 9.17) is 4.74 Å². The van der Waals surface area contributed by atoms with Crippen molar-refractivity contribution < 1.29 is 29.3 Å². The number of Topliss-reactive ketones (excluding diaryl/α,β-unsaturated/α-hetero) is 2. The minimum absolute atomic E-state index is 0.0415. The average molecular weight is 408 g/mol. The Bertz CT molecular complexity index is 1130. The maximum Gasteiger partial charge on any atom is 0.305 e. The molecule has 0 amide bonds. The first-order chi connectivity index (χ1) is 14.1. The van der Waals surface area contributed by atoms with Crippen LogP contribution in [0.15, 0.2) is 36.4 Å². The van der Waals surface area contributed by atoms with E-state index in [1.807, 2.05) is 12.1 Å². The number of aromatic hydroxyl groups is 1. The van der Waals surface area contributed by atoms with Crippen LogP contribution in [0.25, 0.3) is 16.3 Å². The Hall–Kier alpha value is -2.99.